The average Bonchev–Trinajstić information content (AvgIpc) is 2.91. The molecule has 0 aliphatic heterocycles. The maximum absolute atomic E-state index is 12.2. The first-order valence-corrected chi connectivity index (χ1v) is 16.4. The molecule has 0 heterocycles. The van der Waals surface area contributed by atoms with E-state index in [9.17, 15) is 18.5 Å². The van der Waals surface area contributed by atoms with Crippen molar-refractivity contribution >= 4 is 27.1 Å². The molecule has 0 amide bonds. The molecule has 1 fully saturated rings. The normalized spacial score (nSPS) is 23.9. The van der Waals surface area contributed by atoms with Gasteiger partial charge in [-0.1, -0.05) is 76.6 Å². The van der Waals surface area contributed by atoms with Crippen molar-refractivity contribution in [2.45, 2.75) is 71.1 Å². The van der Waals surface area contributed by atoms with Gasteiger partial charge in [0.1, 0.15) is 5.69 Å². The molecule has 0 radical (unpaired) electrons. The Morgan fingerprint density at radius 1 is 1.02 bits per heavy atom. The van der Waals surface area contributed by atoms with Gasteiger partial charge in [0.05, 0.1) is 16.9 Å². The number of benzene rings is 3. The smallest absolute Gasteiger partial charge is 0.292 e. The molecule has 3 aromatic rings. The van der Waals surface area contributed by atoms with E-state index in [1.54, 1.807) is 30.3 Å². The molecule has 0 bridgehead atoms. The summed E-state index contributed by atoms with van der Waals surface area (Å²) in [5.41, 5.74) is 6.47. The standard InChI is InChI=1S/C33H41N3O4S/c1-22(2)23-11-14-27-25(19-23)13-16-31-32(3,17-8-18-33(27,31)4)21-34-29-15-12-24(20-30(29)36(37)38)26-9-6-7-10-28(26)35-41(5,39)40/h6-7,9-12,14-15,19-20,22,31,34-35H,8,13,16-18,21H2,1-5H3/t31-,32+,33+/m0/s1. The molecule has 5 rings (SSSR count). The van der Waals surface area contributed by atoms with Crippen LogP contribution in [0.3, 0.4) is 0 Å². The minimum Gasteiger partial charge on any atom is -0.379 e. The Labute approximate surface area is 244 Å². The molecule has 0 saturated heterocycles. The molecule has 2 N–H and O–H groups in total. The molecule has 0 unspecified atom stereocenters. The topological polar surface area (TPSA) is 101 Å². The molecule has 41 heavy (non-hydrogen) atoms. The average molecular weight is 576 g/mol. The highest BCUT2D eigenvalue weighted by molar-refractivity contribution is 7.92. The van der Waals surface area contributed by atoms with Crippen molar-refractivity contribution in [2.24, 2.45) is 11.3 Å². The lowest BCUT2D eigenvalue weighted by Gasteiger charge is -2.55. The second-order valence-corrected chi connectivity index (χ2v) is 14.6. The van der Waals surface area contributed by atoms with Crippen LogP contribution >= 0.6 is 0 Å². The first-order valence-electron chi connectivity index (χ1n) is 14.5. The number of hydrogen-bond acceptors (Lipinski definition) is 5. The van der Waals surface area contributed by atoms with Crippen molar-refractivity contribution in [1.82, 2.24) is 0 Å². The quantitative estimate of drug-likeness (QED) is 0.210. The van der Waals surface area contributed by atoms with Crippen LogP contribution in [0.25, 0.3) is 11.1 Å². The van der Waals surface area contributed by atoms with E-state index in [-0.39, 0.29) is 21.4 Å². The number of nitrogens with zero attached hydrogens (tertiary/aromatic N) is 1. The second kappa shape index (κ2) is 10.8. The van der Waals surface area contributed by atoms with Crippen LogP contribution in [0.5, 0.6) is 0 Å². The van der Waals surface area contributed by atoms with Crippen molar-refractivity contribution in [3.63, 3.8) is 0 Å². The van der Waals surface area contributed by atoms with E-state index in [4.69, 9.17) is 0 Å². The van der Waals surface area contributed by atoms with Gasteiger partial charge in [0.25, 0.3) is 5.69 Å². The lowest BCUT2D eigenvalue weighted by atomic mass is 9.49. The fourth-order valence-electron chi connectivity index (χ4n) is 7.54. The van der Waals surface area contributed by atoms with Crippen LogP contribution in [0.1, 0.15) is 76.0 Å². The van der Waals surface area contributed by atoms with Gasteiger partial charge in [-0.15, -0.1) is 0 Å². The van der Waals surface area contributed by atoms with Gasteiger partial charge in [-0.2, -0.15) is 0 Å². The number of nitro benzene ring substituents is 1. The summed E-state index contributed by atoms with van der Waals surface area (Å²) in [6.07, 6.45) is 6.65. The molecule has 1 saturated carbocycles. The van der Waals surface area contributed by atoms with Crippen LogP contribution in [0.4, 0.5) is 17.1 Å². The van der Waals surface area contributed by atoms with Crippen molar-refractivity contribution in [3.8, 4) is 11.1 Å². The number of aryl methyl sites for hydroxylation is 1. The molecule has 8 heteroatoms. The predicted molar refractivity (Wildman–Crippen MR) is 167 cm³/mol. The highest BCUT2D eigenvalue weighted by Crippen LogP contribution is 2.57. The van der Waals surface area contributed by atoms with Crippen molar-refractivity contribution in [3.05, 3.63) is 87.5 Å². The van der Waals surface area contributed by atoms with Crippen molar-refractivity contribution in [1.29, 1.82) is 0 Å². The Hall–Kier alpha value is -3.39. The SMILES string of the molecule is CC(C)c1ccc2c(c1)CC[C@H]1[C@@](C)(CNc3ccc(-c4ccccc4NS(C)(=O)=O)cc3[N+](=O)[O-])CCC[C@]21C. The van der Waals surface area contributed by atoms with Gasteiger partial charge in [-0.25, -0.2) is 8.42 Å². The minimum absolute atomic E-state index is 0.0139. The third-order valence-electron chi connectivity index (χ3n) is 9.58. The predicted octanol–water partition coefficient (Wildman–Crippen LogP) is 7.88. The third kappa shape index (κ3) is 5.71. The fraction of sp³-hybridized carbons (Fsp3) is 0.455. The van der Waals surface area contributed by atoms with Gasteiger partial charge >= 0.3 is 0 Å². The maximum atomic E-state index is 12.2. The Bertz CT molecular complexity index is 1590. The number of rotatable bonds is 8. The van der Waals surface area contributed by atoms with Gasteiger partial charge in [-0.3, -0.25) is 14.8 Å². The minimum atomic E-state index is -3.51. The first kappa shape index (κ1) is 29.1. The number of fused-ring (bicyclic) bond motifs is 3. The molecule has 7 nitrogen and oxygen atoms in total. The van der Waals surface area contributed by atoms with Crippen molar-refractivity contribution < 1.29 is 13.3 Å². The van der Waals surface area contributed by atoms with Gasteiger partial charge in [-0.05, 0) is 82.7 Å². The van der Waals surface area contributed by atoms with Crippen LogP contribution < -0.4 is 10.0 Å². The molecule has 3 aromatic carbocycles. The molecule has 3 atom stereocenters. The number of nitrogens with one attached hydrogen (secondary N) is 2. The van der Waals surface area contributed by atoms with Crippen LogP contribution in [0, 0.1) is 21.4 Å². The van der Waals surface area contributed by atoms with Gasteiger partial charge in [0.2, 0.25) is 10.0 Å². The van der Waals surface area contributed by atoms with E-state index >= 15 is 0 Å². The Balaban J connectivity index is 1.42. The molecule has 0 aromatic heterocycles. The largest absolute Gasteiger partial charge is 0.379 e. The monoisotopic (exact) mass is 575 g/mol. The number of nitro groups is 1. The zero-order valence-electron chi connectivity index (χ0n) is 24.7. The van der Waals surface area contributed by atoms with E-state index < -0.39 is 10.0 Å². The summed E-state index contributed by atoms with van der Waals surface area (Å²) >= 11 is 0. The zero-order valence-corrected chi connectivity index (χ0v) is 25.5. The Morgan fingerprint density at radius 3 is 2.49 bits per heavy atom. The molecule has 2 aliphatic carbocycles. The summed E-state index contributed by atoms with van der Waals surface area (Å²) in [6, 6.07) is 19.1. The molecular formula is C33H41N3O4S. The lowest BCUT2D eigenvalue weighted by molar-refractivity contribution is -0.383. The summed E-state index contributed by atoms with van der Waals surface area (Å²) < 4.78 is 26.3. The van der Waals surface area contributed by atoms with Crippen LogP contribution in [0.15, 0.2) is 60.7 Å². The number of hydrogen-bond donors (Lipinski definition) is 2. The summed E-state index contributed by atoms with van der Waals surface area (Å²) in [5.74, 6) is 0.985. The van der Waals surface area contributed by atoms with Gasteiger partial charge in [0, 0.05) is 18.2 Å². The van der Waals surface area contributed by atoms with E-state index in [2.05, 4.69) is 55.9 Å². The summed E-state index contributed by atoms with van der Waals surface area (Å²) in [6.45, 7) is 9.92. The fourth-order valence-corrected chi connectivity index (χ4v) is 8.11. The van der Waals surface area contributed by atoms with Crippen molar-refractivity contribution in [2.75, 3.05) is 22.8 Å². The molecule has 2 aliphatic rings. The number of para-hydroxylation sites is 1. The summed E-state index contributed by atoms with van der Waals surface area (Å²) in [4.78, 5) is 11.8. The Morgan fingerprint density at radius 2 is 1.78 bits per heavy atom. The Kier molecular flexibility index (Phi) is 7.66. The van der Waals surface area contributed by atoms with E-state index in [1.165, 1.54) is 22.8 Å². The van der Waals surface area contributed by atoms with Gasteiger partial charge < -0.3 is 5.32 Å². The summed E-state index contributed by atoms with van der Waals surface area (Å²) in [7, 11) is -3.51. The molecular weight excluding hydrogens is 534 g/mol. The second-order valence-electron chi connectivity index (χ2n) is 12.8. The van der Waals surface area contributed by atoms with Crippen LogP contribution in [0.2, 0.25) is 0 Å². The van der Waals surface area contributed by atoms with Gasteiger partial charge in [0.15, 0.2) is 0 Å². The highest BCUT2D eigenvalue weighted by atomic mass is 32.2. The van der Waals surface area contributed by atoms with E-state index in [1.807, 2.05) is 6.07 Å². The first-order chi connectivity index (χ1) is 19.3. The summed E-state index contributed by atoms with van der Waals surface area (Å²) in [5, 5.41) is 15.7. The maximum Gasteiger partial charge on any atom is 0.292 e. The number of anilines is 2. The molecule has 0 spiro atoms. The number of sulfonamides is 1. The zero-order chi connectivity index (χ0) is 29.6. The highest BCUT2D eigenvalue weighted by Gasteiger charge is 2.51. The third-order valence-corrected chi connectivity index (χ3v) is 10.2. The van der Waals surface area contributed by atoms with E-state index in [0.29, 0.717) is 40.9 Å². The lowest BCUT2D eigenvalue weighted by Crippen LogP contribution is -2.51. The molecule has 218 valence electrons. The van der Waals surface area contributed by atoms with Crippen LogP contribution in [-0.4, -0.2) is 26.1 Å². The van der Waals surface area contributed by atoms with E-state index in [0.717, 1.165) is 38.4 Å². The van der Waals surface area contributed by atoms with Crippen LogP contribution in [-0.2, 0) is 21.9 Å².